The van der Waals surface area contributed by atoms with E-state index in [1.807, 2.05) is 43.0 Å². The van der Waals surface area contributed by atoms with Crippen molar-refractivity contribution in [2.24, 2.45) is 5.10 Å². The van der Waals surface area contributed by atoms with Crippen molar-refractivity contribution in [3.05, 3.63) is 69.0 Å². The number of aromatic carboxylic acids is 1. The Labute approximate surface area is 243 Å². The molecule has 2 fully saturated rings. The molecule has 4 heterocycles. The maximum atomic E-state index is 16.5. The van der Waals surface area contributed by atoms with Crippen LogP contribution in [0.3, 0.4) is 0 Å². The summed E-state index contributed by atoms with van der Waals surface area (Å²) < 4.78 is 34.0. The average Bonchev–Trinajstić information content (AvgIpc) is 3.72. The zero-order valence-corrected chi connectivity index (χ0v) is 23.4. The summed E-state index contributed by atoms with van der Waals surface area (Å²) in [6.07, 6.45) is 4.05. The number of aromatic nitrogens is 1. The Morgan fingerprint density at radius 2 is 1.72 bits per heavy atom. The van der Waals surface area contributed by atoms with Gasteiger partial charge in [-0.05, 0) is 44.4 Å². The third-order valence-electron chi connectivity index (χ3n) is 9.25. The summed E-state index contributed by atoms with van der Waals surface area (Å²) in [5, 5.41) is 24.1. The molecule has 1 aliphatic carbocycles. The summed E-state index contributed by atoms with van der Waals surface area (Å²) in [5.41, 5.74) is 5.03. The summed E-state index contributed by atoms with van der Waals surface area (Å²) in [6.45, 7) is 4.46. The Bertz CT molecular complexity index is 1890. The van der Waals surface area contributed by atoms with Crippen LogP contribution in [0.4, 0.5) is 25.8 Å². The van der Waals surface area contributed by atoms with Crippen molar-refractivity contribution < 1.29 is 33.2 Å². The van der Waals surface area contributed by atoms with Crippen molar-refractivity contribution in [1.29, 1.82) is 0 Å². The van der Waals surface area contributed by atoms with Crippen molar-refractivity contribution in [3.63, 3.8) is 0 Å². The second-order valence-electron chi connectivity index (χ2n) is 11.8. The van der Waals surface area contributed by atoms with Crippen LogP contribution in [0.15, 0.2) is 45.9 Å². The summed E-state index contributed by atoms with van der Waals surface area (Å²) in [6, 6.07) is 6.58. The molecule has 0 amide bonds. The predicted molar refractivity (Wildman–Crippen MR) is 156 cm³/mol. The van der Waals surface area contributed by atoms with Crippen LogP contribution in [0.25, 0.3) is 17.0 Å². The van der Waals surface area contributed by atoms with Crippen LogP contribution in [0, 0.1) is 11.6 Å². The van der Waals surface area contributed by atoms with Crippen molar-refractivity contribution >= 4 is 51.8 Å². The summed E-state index contributed by atoms with van der Waals surface area (Å²) in [5.74, 6) is -4.33. The topological polar surface area (TPSA) is 141 Å². The number of anilines is 3. The van der Waals surface area contributed by atoms with Gasteiger partial charge in [0.2, 0.25) is 11.3 Å². The number of nitrogens with two attached hydrogens (primary N) is 1. The second-order valence-corrected chi connectivity index (χ2v) is 11.8. The Morgan fingerprint density at radius 3 is 2.35 bits per heavy atom. The molecule has 3 aromatic rings. The van der Waals surface area contributed by atoms with Crippen LogP contribution in [0.5, 0.6) is 0 Å². The minimum absolute atomic E-state index is 0.0775. The van der Waals surface area contributed by atoms with Crippen LogP contribution >= 0.6 is 0 Å². The molecule has 4 N–H and O–H groups in total. The van der Waals surface area contributed by atoms with E-state index in [2.05, 4.69) is 0 Å². The van der Waals surface area contributed by atoms with Crippen LogP contribution in [-0.2, 0) is 4.79 Å². The van der Waals surface area contributed by atoms with Crippen molar-refractivity contribution in [3.8, 4) is 0 Å². The number of quaternary nitrogens is 1. The quantitative estimate of drug-likeness (QED) is 0.309. The number of pyridine rings is 1. The lowest BCUT2D eigenvalue weighted by molar-refractivity contribution is -0.971. The minimum Gasteiger partial charge on any atom is -0.478 e. The van der Waals surface area contributed by atoms with Crippen LogP contribution in [0.2, 0.25) is 0 Å². The van der Waals surface area contributed by atoms with Gasteiger partial charge >= 0.3 is 11.9 Å². The highest BCUT2D eigenvalue weighted by molar-refractivity contribution is 6.29. The number of hydrogen-bond donors (Lipinski definition) is 3. The molecular weight excluding hydrogens is 562 g/mol. The number of carboxylic acids is 2. The van der Waals surface area contributed by atoms with Gasteiger partial charge < -0.3 is 25.4 Å². The number of carboxylic acid groups (broad SMARTS) is 2. The zero-order chi connectivity index (χ0) is 30.5. The highest BCUT2D eigenvalue weighted by Gasteiger charge is 2.54. The molecule has 7 rings (SSSR count). The molecule has 1 saturated heterocycles. The van der Waals surface area contributed by atoms with Gasteiger partial charge in [-0.25, -0.2) is 18.4 Å². The van der Waals surface area contributed by atoms with E-state index in [4.69, 9.17) is 10.8 Å². The molecule has 1 saturated carbocycles. The number of fused-ring (bicyclic) bond motifs is 4. The number of amidine groups is 1. The Morgan fingerprint density at radius 1 is 1.05 bits per heavy atom. The third kappa shape index (κ3) is 3.73. The molecule has 1 spiro atoms. The first-order valence-corrected chi connectivity index (χ1v) is 14.1. The molecule has 11 nitrogen and oxygen atoms in total. The molecule has 3 aliphatic heterocycles. The van der Waals surface area contributed by atoms with E-state index >= 15 is 8.78 Å². The van der Waals surface area contributed by atoms with Crippen LogP contribution in [0.1, 0.15) is 48.7 Å². The summed E-state index contributed by atoms with van der Waals surface area (Å²) in [4.78, 5) is 40.5. The normalized spacial score (nSPS) is 24.6. The van der Waals surface area contributed by atoms with Crippen molar-refractivity contribution in [2.75, 3.05) is 35.3 Å². The van der Waals surface area contributed by atoms with Gasteiger partial charge in [0.1, 0.15) is 28.9 Å². The van der Waals surface area contributed by atoms with E-state index in [0.717, 1.165) is 17.4 Å². The van der Waals surface area contributed by atoms with Gasteiger partial charge in [-0.3, -0.25) is 9.69 Å². The maximum absolute atomic E-state index is 16.5. The Kier molecular flexibility index (Phi) is 5.74. The SMILES string of the molecule is C[C@@H]1CN(c2c(F)c(N)c3c(=O)c(C(=O)O)cn(C4CC4)c3c2F)C[C@H](C)[N+]12CN1C(=N2)C(C(=O)O)=Cc2ccccc21. The Hall–Kier alpha value is -4.78. The van der Waals surface area contributed by atoms with Crippen LogP contribution < -0.4 is 21.0 Å². The molecule has 0 radical (unpaired) electrons. The Balaban J connectivity index is 1.32. The molecule has 4 aliphatic rings. The van der Waals surface area contributed by atoms with E-state index in [9.17, 15) is 24.6 Å². The lowest BCUT2D eigenvalue weighted by Gasteiger charge is -2.48. The first-order valence-electron chi connectivity index (χ1n) is 14.1. The second kappa shape index (κ2) is 9.11. The molecule has 222 valence electrons. The molecule has 2 aromatic carbocycles. The smallest absolute Gasteiger partial charge is 0.341 e. The maximum Gasteiger partial charge on any atom is 0.341 e. The number of benzene rings is 2. The fraction of sp³-hybridized carbons (Fsp3) is 0.333. The standard InChI is InChI=1S/C30H28F2N6O5/c1-14-10-35(11-15(2)38(14)13-37-20-6-4-3-5-16(20)9-18(29(40)41)28(37)34-38)26-22(31)24(33)21-25(23(26)32)36(17-7-8-17)12-19(27(21)39)30(42)43/h3-6,9,12,14-15,17H,7-8,10-11,13H2,1-2H3,(H3-,33,39,40,41,42,43)/p+1/t14-,15+,38?. The van der Waals surface area contributed by atoms with Crippen LogP contribution in [-0.4, -0.2) is 69.0 Å². The van der Waals surface area contributed by atoms with E-state index < -0.39 is 45.6 Å². The number of nitrogens with zero attached hydrogens (tertiary/aromatic N) is 5. The predicted octanol–water partition coefficient (Wildman–Crippen LogP) is 3.58. The van der Waals surface area contributed by atoms with Gasteiger partial charge in [-0.15, -0.1) is 0 Å². The van der Waals surface area contributed by atoms with Gasteiger partial charge in [0.15, 0.2) is 18.3 Å². The first-order chi connectivity index (χ1) is 20.4. The third-order valence-corrected chi connectivity index (χ3v) is 9.25. The lowest BCUT2D eigenvalue weighted by atomic mass is 10.0. The van der Waals surface area contributed by atoms with Gasteiger partial charge in [0.25, 0.3) is 0 Å². The number of rotatable bonds is 4. The van der Waals surface area contributed by atoms with Crippen molar-refractivity contribution in [1.82, 2.24) is 4.57 Å². The number of piperazine rings is 1. The fourth-order valence-corrected chi connectivity index (χ4v) is 6.89. The molecule has 3 atom stereocenters. The highest BCUT2D eigenvalue weighted by Crippen LogP contribution is 2.44. The first kappa shape index (κ1) is 27.1. The summed E-state index contributed by atoms with van der Waals surface area (Å²) in [7, 11) is 0. The number of para-hydroxylation sites is 1. The molecular formula is C30H29F2N6O5+. The van der Waals surface area contributed by atoms with E-state index in [-0.39, 0.29) is 52.6 Å². The van der Waals surface area contributed by atoms with Gasteiger partial charge in [0, 0.05) is 12.2 Å². The minimum atomic E-state index is -1.50. The number of aliphatic carboxylic acids is 1. The van der Waals surface area contributed by atoms with E-state index in [0.29, 0.717) is 25.3 Å². The van der Waals surface area contributed by atoms with Gasteiger partial charge in [0.05, 0.1) is 35.4 Å². The van der Waals surface area contributed by atoms with Gasteiger partial charge in [-0.2, -0.15) is 4.59 Å². The van der Waals surface area contributed by atoms with E-state index in [1.54, 1.807) is 11.0 Å². The number of carbonyl (C=O) groups is 2. The molecule has 1 aromatic heterocycles. The van der Waals surface area contributed by atoms with Crippen molar-refractivity contribution in [2.45, 2.75) is 44.8 Å². The zero-order valence-electron chi connectivity index (χ0n) is 23.4. The monoisotopic (exact) mass is 591 g/mol. The molecule has 0 bridgehead atoms. The highest BCUT2D eigenvalue weighted by atomic mass is 19.1. The molecule has 43 heavy (non-hydrogen) atoms. The van der Waals surface area contributed by atoms with E-state index in [1.165, 1.54) is 4.57 Å². The largest absolute Gasteiger partial charge is 0.478 e. The molecule has 13 heteroatoms. The van der Waals surface area contributed by atoms with Gasteiger partial charge in [-0.1, -0.05) is 23.3 Å². The lowest BCUT2D eigenvalue weighted by Crippen LogP contribution is -2.67. The average molecular weight is 592 g/mol. The number of nitrogen functional groups attached to an aromatic ring is 1. The fourth-order valence-electron chi connectivity index (χ4n) is 6.89. The number of hydrogen-bond acceptors (Lipinski definition) is 7. The summed E-state index contributed by atoms with van der Waals surface area (Å²) >= 11 is 0. The number of halogens is 2. The molecule has 1 unspecified atom stereocenters.